The van der Waals surface area contributed by atoms with Crippen LogP contribution in [-0.4, -0.2) is 15.2 Å². The van der Waals surface area contributed by atoms with Crippen molar-refractivity contribution in [2.75, 3.05) is 0 Å². The lowest BCUT2D eigenvalue weighted by Gasteiger charge is -2.26. The maximum absolute atomic E-state index is 4.29. The Morgan fingerprint density at radius 3 is 3.00 bits per heavy atom. The Balaban J connectivity index is 2.11. The molecule has 0 aromatic carbocycles. The molecule has 1 aromatic heterocycles. The van der Waals surface area contributed by atoms with Gasteiger partial charge in [0, 0.05) is 6.42 Å². The molecule has 1 heterocycles. The first-order valence-electron chi connectivity index (χ1n) is 5.43. The van der Waals surface area contributed by atoms with Crippen LogP contribution in [0.25, 0.3) is 5.57 Å². The van der Waals surface area contributed by atoms with E-state index in [1.807, 2.05) is 0 Å². The van der Waals surface area contributed by atoms with Crippen molar-refractivity contribution in [3.8, 4) is 0 Å². The van der Waals surface area contributed by atoms with Gasteiger partial charge in [-0.1, -0.05) is 12.2 Å². The minimum absolute atomic E-state index is 0.915. The first-order valence-corrected chi connectivity index (χ1v) is 5.43. The van der Waals surface area contributed by atoms with Gasteiger partial charge in [-0.25, -0.2) is 4.98 Å². The van der Waals surface area contributed by atoms with Gasteiger partial charge < -0.3 is 0 Å². The molecule has 3 rings (SSSR count). The molecule has 76 valence electrons. The van der Waals surface area contributed by atoms with Gasteiger partial charge in [0.1, 0.15) is 12.0 Å². The molecule has 0 aliphatic heterocycles. The van der Waals surface area contributed by atoms with Crippen LogP contribution >= 0.6 is 0 Å². The lowest BCUT2D eigenvalue weighted by Crippen LogP contribution is -2.14. The summed E-state index contributed by atoms with van der Waals surface area (Å²) in [6.07, 6.45) is 7.43. The molecular weight excluding hydrogens is 186 g/mol. The molecule has 0 atom stereocenters. The molecule has 15 heavy (non-hydrogen) atoms. The summed E-state index contributed by atoms with van der Waals surface area (Å²) < 4.78 is 0. The quantitative estimate of drug-likeness (QED) is 0.643. The second-order valence-electron chi connectivity index (χ2n) is 4.20. The van der Waals surface area contributed by atoms with Gasteiger partial charge >= 0.3 is 0 Å². The average molecular weight is 199 g/mol. The van der Waals surface area contributed by atoms with E-state index in [1.165, 1.54) is 36.7 Å². The standard InChI is InChI=1S/C12H13N3/c1-8-10-5-3-2-4-9(10)6-11-12(8)15-14-7-13-11/h7H,1-6H2. The molecule has 3 nitrogen and oxygen atoms in total. The molecule has 3 heteroatoms. The summed E-state index contributed by atoms with van der Waals surface area (Å²) in [4.78, 5) is 4.29. The zero-order valence-corrected chi connectivity index (χ0v) is 8.66. The van der Waals surface area contributed by atoms with Crippen molar-refractivity contribution in [2.24, 2.45) is 0 Å². The molecule has 1 aromatic rings. The maximum atomic E-state index is 4.29. The summed E-state index contributed by atoms with van der Waals surface area (Å²) in [6, 6.07) is 0. The SMILES string of the molecule is C=C1C2=C(CCCC2)Cc2ncnnc21. The molecule has 0 radical (unpaired) electrons. The van der Waals surface area contributed by atoms with E-state index in [4.69, 9.17) is 0 Å². The van der Waals surface area contributed by atoms with E-state index >= 15 is 0 Å². The van der Waals surface area contributed by atoms with Crippen molar-refractivity contribution in [1.29, 1.82) is 0 Å². The molecule has 0 N–H and O–H groups in total. The van der Waals surface area contributed by atoms with Gasteiger partial charge in [-0.15, -0.1) is 10.2 Å². The topological polar surface area (TPSA) is 38.7 Å². The third-order valence-corrected chi connectivity index (χ3v) is 3.31. The van der Waals surface area contributed by atoms with E-state index in [1.54, 1.807) is 0 Å². The van der Waals surface area contributed by atoms with Crippen LogP contribution in [0.5, 0.6) is 0 Å². The van der Waals surface area contributed by atoms with Gasteiger partial charge in [0.05, 0.1) is 5.69 Å². The van der Waals surface area contributed by atoms with Crippen molar-refractivity contribution in [2.45, 2.75) is 32.1 Å². The molecule has 0 bridgehead atoms. The molecule has 0 saturated carbocycles. The lowest BCUT2D eigenvalue weighted by atomic mass is 9.80. The third-order valence-electron chi connectivity index (χ3n) is 3.31. The summed E-state index contributed by atoms with van der Waals surface area (Å²) >= 11 is 0. The van der Waals surface area contributed by atoms with E-state index < -0.39 is 0 Å². The largest absolute Gasteiger partial charge is 0.237 e. The summed E-state index contributed by atoms with van der Waals surface area (Å²) in [5.74, 6) is 0. The highest BCUT2D eigenvalue weighted by Crippen LogP contribution is 2.39. The predicted octanol–water partition coefficient (Wildman–Crippen LogP) is 2.31. The first kappa shape index (κ1) is 8.77. The third kappa shape index (κ3) is 1.30. The minimum Gasteiger partial charge on any atom is -0.237 e. The highest BCUT2D eigenvalue weighted by atomic mass is 15.1. The normalized spacial score (nSPS) is 19.9. The smallest absolute Gasteiger partial charge is 0.138 e. The summed E-state index contributed by atoms with van der Waals surface area (Å²) in [7, 11) is 0. The molecule has 0 spiro atoms. The van der Waals surface area contributed by atoms with E-state index in [-0.39, 0.29) is 0 Å². The Kier molecular flexibility index (Phi) is 1.91. The van der Waals surface area contributed by atoms with E-state index in [0.29, 0.717) is 0 Å². The van der Waals surface area contributed by atoms with Crippen LogP contribution in [-0.2, 0) is 6.42 Å². The summed E-state index contributed by atoms with van der Waals surface area (Å²) in [6.45, 7) is 4.14. The fourth-order valence-electron chi connectivity index (χ4n) is 2.53. The Bertz CT molecular complexity index is 460. The van der Waals surface area contributed by atoms with Gasteiger partial charge in [0.15, 0.2) is 0 Å². The number of nitrogens with zero attached hydrogens (tertiary/aromatic N) is 3. The van der Waals surface area contributed by atoms with Crippen molar-refractivity contribution in [1.82, 2.24) is 15.2 Å². The first-order chi connectivity index (χ1) is 7.36. The Morgan fingerprint density at radius 1 is 1.20 bits per heavy atom. The number of hydrogen-bond donors (Lipinski definition) is 0. The highest BCUT2D eigenvalue weighted by Gasteiger charge is 2.25. The molecule has 0 amide bonds. The highest BCUT2D eigenvalue weighted by molar-refractivity contribution is 5.79. The molecule has 2 aliphatic carbocycles. The average Bonchev–Trinajstić information content (AvgIpc) is 2.30. The monoisotopic (exact) mass is 199 g/mol. The van der Waals surface area contributed by atoms with Crippen LogP contribution in [0.2, 0.25) is 0 Å². The number of allylic oxidation sites excluding steroid dienone is 3. The van der Waals surface area contributed by atoms with Gasteiger partial charge in [0.25, 0.3) is 0 Å². The van der Waals surface area contributed by atoms with Crippen LogP contribution in [0.1, 0.15) is 37.1 Å². The van der Waals surface area contributed by atoms with Gasteiger partial charge in [0.2, 0.25) is 0 Å². The molecular formula is C12H13N3. The number of rotatable bonds is 0. The van der Waals surface area contributed by atoms with Gasteiger partial charge in [-0.05, 0) is 36.8 Å². The van der Waals surface area contributed by atoms with Crippen molar-refractivity contribution < 1.29 is 0 Å². The fraction of sp³-hybridized carbons (Fsp3) is 0.417. The van der Waals surface area contributed by atoms with Crippen LogP contribution < -0.4 is 0 Å². The zero-order valence-electron chi connectivity index (χ0n) is 8.66. The Morgan fingerprint density at radius 2 is 2.07 bits per heavy atom. The molecule has 0 unspecified atom stereocenters. The van der Waals surface area contributed by atoms with Gasteiger partial charge in [-0.3, -0.25) is 0 Å². The van der Waals surface area contributed by atoms with E-state index in [2.05, 4.69) is 21.8 Å². The van der Waals surface area contributed by atoms with Crippen LogP contribution in [0.3, 0.4) is 0 Å². The lowest BCUT2D eigenvalue weighted by molar-refractivity contribution is 0.660. The number of hydrogen-bond acceptors (Lipinski definition) is 3. The molecule has 0 fully saturated rings. The second-order valence-corrected chi connectivity index (χ2v) is 4.20. The van der Waals surface area contributed by atoms with Crippen LogP contribution in [0, 0.1) is 0 Å². The number of aromatic nitrogens is 3. The summed E-state index contributed by atoms with van der Waals surface area (Å²) in [5.41, 5.74) is 5.98. The zero-order chi connectivity index (χ0) is 10.3. The van der Waals surface area contributed by atoms with Crippen LogP contribution in [0.15, 0.2) is 24.1 Å². The second kappa shape index (κ2) is 3.26. The van der Waals surface area contributed by atoms with Gasteiger partial charge in [-0.2, -0.15) is 0 Å². The molecule has 2 aliphatic rings. The fourth-order valence-corrected chi connectivity index (χ4v) is 2.53. The van der Waals surface area contributed by atoms with E-state index in [9.17, 15) is 0 Å². The Labute approximate surface area is 89.0 Å². The number of fused-ring (bicyclic) bond motifs is 1. The van der Waals surface area contributed by atoms with Crippen molar-refractivity contribution in [3.05, 3.63) is 35.4 Å². The Hall–Kier alpha value is -1.51. The van der Waals surface area contributed by atoms with E-state index in [0.717, 1.165) is 29.8 Å². The van der Waals surface area contributed by atoms with Crippen molar-refractivity contribution >= 4 is 5.57 Å². The summed E-state index contributed by atoms with van der Waals surface area (Å²) in [5, 5.41) is 7.99. The molecule has 0 saturated heterocycles. The predicted molar refractivity (Wildman–Crippen MR) is 58.1 cm³/mol. The minimum atomic E-state index is 0.915. The maximum Gasteiger partial charge on any atom is 0.138 e. The van der Waals surface area contributed by atoms with Crippen LogP contribution in [0.4, 0.5) is 0 Å². The van der Waals surface area contributed by atoms with Crippen molar-refractivity contribution in [3.63, 3.8) is 0 Å².